The van der Waals surface area contributed by atoms with Gasteiger partial charge in [0.15, 0.2) is 0 Å². The predicted molar refractivity (Wildman–Crippen MR) is 44.5 cm³/mol. The summed E-state index contributed by atoms with van der Waals surface area (Å²) in [4.78, 5) is 0. The van der Waals surface area contributed by atoms with Gasteiger partial charge in [-0.25, -0.2) is 0 Å². The van der Waals surface area contributed by atoms with Crippen LogP contribution in [0.15, 0.2) is 0 Å². The molecule has 1 rings (SSSR count). The Kier molecular flexibility index (Phi) is 2.01. The molecule has 1 saturated heterocycles. The first kappa shape index (κ1) is 9.01. The van der Waals surface area contributed by atoms with Crippen molar-refractivity contribution >= 4 is 0 Å². The number of hydrogen-bond acceptors (Lipinski definition) is 2. The highest BCUT2D eigenvalue weighted by Crippen LogP contribution is 2.34. The normalized spacial score (nSPS) is 30.3. The number of hydrogen-bond donors (Lipinski definition) is 1. The summed E-state index contributed by atoms with van der Waals surface area (Å²) < 4.78 is 5.77. The fourth-order valence-electron chi connectivity index (χ4n) is 2.04. The van der Waals surface area contributed by atoms with Crippen LogP contribution in [0.1, 0.15) is 40.5 Å². The lowest BCUT2D eigenvalue weighted by Crippen LogP contribution is -2.47. The monoisotopic (exact) mass is 158 g/mol. The zero-order valence-electron chi connectivity index (χ0n) is 7.85. The molecule has 0 aromatic carbocycles. The van der Waals surface area contributed by atoms with E-state index in [1.807, 2.05) is 27.7 Å². The Balaban J connectivity index is 2.66. The lowest BCUT2D eigenvalue weighted by atomic mass is 9.87. The van der Waals surface area contributed by atoms with Gasteiger partial charge in [-0.05, 0) is 27.7 Å². The largest absolute Gasteiger partial charge is 0.393 e. The van der Waals surface area contributed by atoms with Gasteiger partial charge in [-0.2, -0.15) is 0 Å². The van der Waals surface area contributed by atoms with Gasteiger partial charge in [0, 0.05) is 12.8 Å². The van der Waals surface area contributed by atoms with E-state index in [1.165, 1.54) is 0 Å². The van der Waals surface area contributed by atoms with Crippen LogP contribution in [0.25, 0.3) is 0 Å². The SMILES string of the molecule is CC1(C)CC(O)CC(C)(C)O1. The molecule has 0 amide bonds. The van der Waals surface area contributed by atoms with E-state index < -0.39 is 0 Å². The zero-order valence-corrected chi connectivity index (χ0v) is 7.85. The summed E-state index contributed by atoms with van der Waals surface area (Å²) in [6.45, 7) is 8.10. The number of ether oxygens (including phenoxy) is 1. The van der Waals surface area contributed by atoms with Gasteiger partial charge in [-0.15, -0.1) is 0 Å². The van der Waals surface area contributed by atoms with Gasteiger partial charge in [-0.3, -0.25) is 0 Å². The molecule has 1 aliphatic rings. The van der Waals surface area contributed by atoms with Crippen molar-refractivity contribution in [3.05, 3.63) is 0 Å². The third-order valence-corrected chi connectivity index (χ3v) is 2.01. The quantitative estimate of drug-likeness (QED) is 0.581. The van der Waals surface area contributed by atoms with Crippen molar-refractivity contribution < 1.29 is 9.84 Å². The molecule has 0 unspecified atom stereocenters. The lowest BCUT2D eigenvalue weighted by Gasteiger charge is -2.43. The van der Waals surface area contributed by atoms with Crippen LogP contribution < -0.4 is 0 Å². The Morgan fingerprint density at radius 3 is 1.73 bits per heavy atom. The van der Waals surface area contributed by atoms with E-state index in [0.717, 1.165) is 12.8 Å². The van der Waals surface area contributed by atoms with Crippen LogP contribution in [0.2, 0.25) is 0 Å². The maximum absolute atomic E-state index is 9.50. The third-order valence-electron chi connectivity index (χ3n) is 2.01. The van der Waals surface area contributed by atoms with E-state index in [9.17, 15) is 5.11 Å². The van der Waals surface area contributed by atoms with Crippen molar-refractivity contribution in [2.24, 2.45) is 0 Å². The molecule has 0 aromatic heterocycles. The highest BCUT2D eigenvalue weighted by Gasteiger charge is 2.38. The Bertz CT molecular complexity index is 134. The molecule has 1 fully saturated rings. The molecule has 0 atom stereocenters. The average Bonchev–Trinajstić information content (AvgIpc) is 1.49. The van der Waals surface area contributed by atoms with Crippen molar-refractivity contribution in [2.75, 3.05) is 0 Å². The van der Waals surface area contributed by atoms with Crippen LogP contribution in [0, 0.1) is 0 Å². The highest BCUT2D eigenvalue weighted by atomic mass is 16.5. The van der Waals surface area contributed by atoms with E-state index in [-0.39, 0.29) is 17.3 Å². The molecule has 0 saturated carbocycles. The predicted octanol–water partition coefficient (Wildman–Crippen LogP) is 1.71. The van der Waals surface area contributed by atoms with Crippen LogP contribution in [0.3, 0.4) is 0 Å². The van der Waals surface area contributed by atoms with Gasteiger partial charge in [0.05, 0.1) is 17.3 Å². The van der Waals surface area contributed by atoms with Crippen molar-refractivity contribution in [1.82, 2.24) is 0 Å². The molecule has 1 N–H and O–H groups in total. The van der Waals surface area contributed by atoms with Gasteiger partial charge in [0.2, 0.25) is 0 Å². The third kappa shape index (κ3) is 2.46. The second-order valence-corrected chi connectivity index (χ2v) is 4.68. The summed E-state index contributed by atoms with van der Waals surface area (Å²) in [6, 6.07) is 0. The first-order valence-corrected chi connectivity index (χ1v) is 4.19. The molecule has 2 nitrogen and oxygen atoms in total. The fraction of sp³-hybridized carbons (Fsp3) is 1.00. The maximum Gasteiger partial charge on any atom is 0.0658 e. The van der Waals surface area contributed by atoms with Gasteiger partial charge >= 0.3 is 0 Å². The topological polar surface area (TPSA) is 29.5 Å². The van der Waals surface area contributed by atoms with E-state index in [4.69, 9.17) is 4.74 Å². The van der Waals surface area contributed by atoms with Gasteiger partial charge < -0.3 is 9.84 Å². The highest BCUT2D eigenvalue weighted by molar-refractivity contribution is 4.88. The maximum atomic E-state index is 9.50. The molecular weight excluding hydrogens is 140 g/mol. The van der Waals surface area contributed by atoms with Crippen molar-refractivity contribution in [1.29, 1.82) is 0 Å². The van der Waals surface area contributed by atoms with E-state index in [2.05, 4.69) is 0 Å². The van der Waals surface area contributed by atoms with E-state index >= 15 is 0 Å². The van der Waals surface area contributed by atoms with E-state index in [1.54, 1.807) is 0 Å². The van der Waals surface area contributed by atoms with E-state index in [0.29, 0.717) is 0 Å². The molecule has 1 heterocycles. The average molecular weight is 158 g/mol. The van der Waals surface area contributed by atoms with Crippen LogP contribution in [0.5, 0.6) is 0 Å². The van der Waals surface area contributed by atoms with Crippen LogP contribution >= 0.6 is 0 Å². The Labute approximate surface area is 68.6 Å². The summed E-state index contributed by atoms with van der Waals surface area (Å²) in [5.74, 6) is 0. The minimum Gasteiger partial charge on any atom is -0.393 e. The smallest absolute Gasteiger partial charge is 0.0658 e. The molecule has 11 heavy (non-hydrogen) atoms. The molecule has 1 aliphatic heterocycles. The standard InChI is InChI=1S/C9H18O2/c1-8(2)5-7(10)6-9(3,4)11-8/h7,10H,5-6H2,1-4H3. The summed E-state index contributed by atoms with van der Waals surface area (Å²) in [6.07, 6.45) is 1.29. The minimum atomic E-state index is -0.200. The molecule has 66 valence electrons. The summed E-state index contributed by atoms with van der Waals surface area (Å²) in [5, 5.41) is 9.50. The number of aliphatic hydroxyl groups is 1. The molecule has 0 spiro atoms. The van der Waals surface area contributed by atoms with Crippen LogP contribution in [-0.4, -0.2) is 22.4 Å². The summed E-state index contributed by atoms with van der Waals surface area (Å²) in [7, 11) is 0. The Morgan fingerprint density at radius 1 is 1.09 bits per heavy atom. The molecule has 0 radical (unpaired) electrons. The lowest BCUT2D eigenvalue weighted by molar-refractivity contribution is -0.186. The second kappa shape index (κ2) is 2.46. The number of aliphatic hydroxyl groups excluding tert-OH is 1. The van der Waals surface area contributed by atoms with Crippen molar-refractivity contribution in [3.63, 3.8) is 0 Å². The zero-order chi connectivity index (χ0) is 8.70. The molecule has 0 aliphatic carbocycles. The van der Waals surface area contributed by atoms with Gasteiger partial charge in [0.1, 0.15) is 0 Å². The Morgan fingerprint density at radius 2 is 1.45 bits per heavy atom. The molecular formula is C9H18O2. The summed E-state index contributed by atoms with van der Waals surface area (Å²) >= 11 is 0. The fourth-order valence-corrected chi connectivity index (χ4v) is 2.04. The Hall–Kier alpha value is -0.0800. The summed E-state index contributed by atoms with van der Waals surface area (Å²) in [5.41, 5.74) is -0.331. The first-order valence-electron chi connectivity index (χ1n) is 4.19. The van der Waals surface area contributed by atoms with Crippen LogP contribution in [-0.2, 0) is 4.74 Å². The van der Waals surface area contributed by atoms with Crippen molar-refractivity contribution in [2.45, 2.75) is 57.8 Å². The molecule has 2 heteroatoms. The van der Waals surface area contributed by atoms with Crippen LogP contribution in [0.4, 0.5) is 0 Å². The first-order chi connectivity index (χ1) is 4.81. The van der Waals surface area contributed by atoms with Crippen molar-refractivity contribution in [3.8, 4) is 0 Å². The molecule has 0 aromatic rings. The second-order valence-electron chi connectivity index (χ2n) is 4.68. The molecule has 0 bridgehead atoms. The van der Waals surface area contributed by atoms with Gasteiger partial charge in [0.25, 0.3) is 0 Å². The number of rotatable bonds is 0. The minimum absolute atomic E-state index is 0.166. The van der Waals surface area contributed by atoms with Gasteiger partial charge in [-0.1, -0.05) is 0 Å².